The molecule has 19 heavy (non-hydrogen) atoms. The summed E-state index contributed by atoms with van der Waals surface area (Å²) in [6.45, 7) is 3.43. The van der Waals surface area contributed by atoms with Crippen molar-refractivity contribution in [1.29, 1.82) is 0 Å². The number of piperidine rings is 1. The van der Waals surface area contributed by atoms with Gasteiger partial charge in [0.25, 0.3) is 0 Å². The van der Waals surface area contributed by atoms with Gasteiger partial charge in [-0.3, -0.25) is 4.79 Å². The molecule has 1 aliphatic rings. The fourth-order valence-corrected chi connectivity index (χ4v) is 2.90. The second-order valence-corrected chi connectivity index (χ2v) is 5.76. The van der Waals surface area contributed by atoms with Crippen LogP contribution in [0.2, 0.25) is 0 Å². The maximum Gasteiger partial charge on any atom is 0.317 e. The van der Waals surface area contributed by atoms with Crippen LogP contribution < -0.4 is 10.6 Å². The molecule has 0 aliphatic carbocycles. The summed E-state index contributed by atoms with van der Waals surface area (Å²) in [6, 6.07) is 4.00. The van der Waals surface area contributed by atoms with Crippen molar-refractivity contribution in [3.8, 4) is 0 Å². The van der Waals surface area contributed by atoms with Gasteiger partial charge in [-0.15, -0.1) is 11.3 Å². The van der Waals surface area contributed by atoms with E-state index in [0.717, 1.165) is 24.3 Å². The molecule has 0 spiro atoms. The second kappa shape index (κ2) is 6.56. The minimum atomic E-state index is -0.0524. The maximum absolute atomic E-state index is 12.0. The van der Waals surface area contributed by atoms with Gasteiger partial charge in [0.05, 0.1) is 6.54 Å². The van der Waals surface area contributed by atoms with E-state index in [-0.39, 0.29) is 18.0 Å². The number of thiophene rings is 1. The molecule has 1 saturated heterocycles. The lowest BCUT2D eigenvalue weighted by atomic mass is 10.1. The average Bonchev–Trinajstić information content (AvgIpc) is 2.88. The fourth-order valence-electron chi connectivity index (χ4n) is 2.25. The predicted molar refractivity (Wildman–Crippen MR) is 75.0 cm³/mol. The first kappa shape index (κ1) is 13.9. The quantitative estimate of drug-likeness (QED) is 0.883. The zero-order valence-electron chi connectivity index (χ0n) is 11.0. The molecule has 0 saturated carbocycles. The number of nitrogens with zero attached hydrogens (tertiary/aromatic N) is 1. The number of carbonyl (C=O) groups is 2. The van der Waals surface area contributed by atoms with Gasteiger partial charge in [0.15, 0.2) is 0 Å². The minimum Gasteiger partial charge on any atom is -0.352 e. The molecule has 1 aliphatic heterocycles. The van der Waals surface area contributed by atoms with Crippen molar-refractivity contribution in [3.63, 3.8) is 0 Å². The number of amides is 3. The van der Waals surface area contributed by atoms with Gasteiger partial charge in [0, 0.05) is 30.9 Å². The molecular weight excluding hydrogens is 262 g/mol. The summed E-state index contributed by atoms with van der Waals surface area (Å²) >= 11 is 1.63. The van der Waals surface area contributed by atoms with Crippen molar-refractivity contribution >= 4 is 23.3 Å². The van der Waals surface area contributed by atoms with Gasteiger partial charge in [-0.2, -0.15) is 0 Å². The second-order valence-electron chi connectivity index (χ2n) is 4.72. The van der Waals surface area contributed by atoms with Gasteiger partial charge in [-0.05, 0) is 24.3 Å². The zero-order valence-corrected chi connectivity index (χ0v) is 11.8. The van der Waals surface area contributed by atoms with Crippen LogP contribution in [0.3, 0.4) is 0 Å². The van der Waals surface area contributed by atoms with Crippen LogP contribution in [0, 0.1) is 0 Å². The number of urea groups is 1. The molecule has 0 radical (unpaired) electrons. The van der Waals surface area contributed by atoms with Crippen molar-refractivity contribution in [1.82, 2.24) is 15.5 Å². The molecule has 1 aromatic rings. The summed E-state index contributed by atoms with van der Waals surface area (Å²) in [6.07, 6.45) is 1.87. The Morgan fingerprint density at radius 2 is 2.37 bits per heavy atom. The van der Waals surface area contributed by atoms with Crippen LogP contribution in [0.1, 0.15) is 24.6 Å². The number of hydrogen-bond acceptors (Lipinski definition) is 3. The number of rotatable bonds is 3. The van der Waals surface area contributed by atoms with E-state index in [0.29, 0.717) is 13.1 Å². The van der Waals surface area contributed by atoms with Gasteiger partial charge >= 0.3 is 6.03 Å². The summed E-state index contributed by atoms with van der Waals surface area (Å²) in [7, 11) is 0. The summed E-state index contributed by atoms with van der Waals surface area (Å²) in [4.78, 5) is 26.0. The molecule has 3 amide bonds. The van der Waals surface area contributed by atoms with Crippen molar-refractivity contribution in [2.45, 2.75) is 32.4 Å². The van der Waals surface area contributed by atoms with Gasteiger partial charge in [-0.1, -0.05) is 6.07 Å². The molecular formula is C13H19N3O2S. The number of nitrogens with one attached hydrogen (secondary N) is 2. The molecule has 5 nitrogen and oxygen atoms in total. The molecule has 6 heteroatoms. The number of hydrogen-bond donors (Lipinski definition) is 2. The van der Waals surface area contributed by atoms with Crippen LogP contribution in [0.4, 0.5) is 4.79 Å². The first-order valence-electron chi connectivity index (χ1n) is 6.47. The zero-order chi connectivity index (χ0) is 13.7. The van der Waals surface area contributed by atoms with Crippen LogP contribution in [-0.2, 0) is 11.3 Å². The molecule has 1 atom stereocenters. The highest BCUT2D eigenvalue weighted by molar-refractivity contribution is 7.09. The van der Waals surface area contributed by atoms with E-state index in [2.05, 4.69) is 10.6 Å². The largest absolute Gasteiger partial charge is 0.352 e. The predicted octanol–water partition coefficient (Wildman–Crippen LogP) is 1.56. The first-order chi connectivity index (χ1) is 9.15. The Kier molecular flexibility index (Phi) is 4.79. The lowest BCUT2D eigenvalue weighted by Gasteiger charge is -2.32. The Bertz CT molecular complexity index is 433. The highest BCUT2D eigenvalue weighted by atomic mass is 32.1. The summed E-state index contributed by atoms with van der Waals surface area (Å²) in [5.41, 5.74) is 0. The van der Waals surface area contributed by atoms with Crippen LogP contribution in [0.25, 0.3) is 0 Å². The Morgan fingerprint density at radius 3 is 3.05 bits per heavy atom. The normalized spacial score (nSPS) is 19.0. The molecule has 0 aromatic carbocycles. The van der Waals surface area contributed by atoms with Gasteiger partial charge < -0.3 is 15.5 Å². The molecule has 2 N–H and O–H groups in total. The smallest absolute Gasteiger partial charge is 0.317 e. The number of carbonyl (C=O) groups excluding carboxylic acids is 2. The summed E-state index contributed by atoms with van der Waals surface area (Å²) in [5, 5.41) is 7.79. The average molecular weight is 281 g/mol. The molecule has 2 heterocycles. The Balaban J connectivity index is 1.79. The lowest BCUT2D eigenvalue weighted by Crippen LogP contribution is -2.51. The standard InChI is InChI=1S/C13H19N3O2S/c1-10(17)15-11-4-2-6-16(9-11)13(18)14-8-12-5-3-7-19-12/h3,5,7,11H,2,4,6,8-9H2,1H3,(H,14,18)(H,15,17)/t11-/m1/s1. The molecule has 1 aromatic heterocycles. The Morgan fingerprint density at radius 1 is 1.53 bits per heavy atom. The van der Waals surface area contributed by atoms with E-state index in [1.807, 2.05) is 17.5 Å². The topological polar surface area (TPSA) is 61.4 Å². The molecule has 0 bridgehead atoms. The Labute approximate surface area is 117 Å². The SMILES string of the molecule is CC(=O)N[C@@H]1CCCN(C(=O)NCc2cccs2)C1. The van der Waals surface area contributed by atoms with Crippen molar-refractivity contribution in [2.75, 3.05) is 13.1 Å². The van der Waals surface area contributed by atoms with E-state index in [4.69, 9.17) is 0 Å². The summed E-state index contributed by atoms with van der Waals surface area (Å²) in [5.74, 6) is -0.0363. The van der Waals surface area contributed by atoms with E-state index in [1.165, 1.54) is 6.92 Å². The van der Waals surface area contributed by atoms with E-state index in [9.17, 15) is 9.59 Å². The van der Waals surface area contributed by atoms with Gasteiger partial charge in [0.2, 0.25) is 5.91 Å². The molecule has 2 rings (SSSR count). The summed E-state index contributed by atoms with van der Waals surface area (Å²) < 4.78 is 0. The van der Waals surface area contributed by atoms with E-state index in [1.54, 1.807) is 16.2 Å². The van der Waals surface area contributed by atoms with E-state index < -0.39 is 0 Å². The maximum atomic E-state index is 12.0. The van der Waals surface area contributed by atoms with Gasteiger partial charge in [0.1, 0.15) is 0 Å². The first-order valence-corrected chi connectivity index (χ1v) is 7.35. The highest BCUT2D eigenvalue weighted by Gasteiger charge is 2.23. The molecule has 0 unspecified atom stereocenters. The third kappa shape index (κ3) is 4.24. The van der Waals surface area contributed by atoms with Crippen LogP contribution >= 0.6 is 11.3 Å². The van der Waals surface area contributed by atoms with Crippen molar-refractivity contribution < 1.29 is 9.59 Å². The minimum absolute atomic E-state index is 0.0363. The number of likely N-dealkylation sites (tertiary alicyclic amines) is 1. The monoisotopic (exact) mass is 281 g/mol. The van der Waals surface area contributed by atoms with Crippen molar-refractivity contribution in [2.24, 2.45) is 0 Å². The van der Waals surface area contributed by atoms with Crippen LogP contribution in [0.5, 0.6) is 0 Å². The fraction of sp³-hybridized carbons (Fsp3) is 0.538. The molecule has 1 fully saturated rings. The molecule has 104 valence electrons. The van der Waals surface area contributed by atoms with E-state index >= 15 is 0 Å². The van der Waals surface area contributed by atoms with Gasteiger partial charge in [-0.25, -0.2) is 4.79 Å². The Hall–Kier alpha value is -1.56. The highest BCUT2D eigenvalue weighted by Crippen LogP contribution is 2.11. The van der Waals surface area contributed by atoms with Crippen LogP contribution in [0.15, 0.2) is 17.5 Å². The van der Waals surface area contributed by atoms with Crippen molar-refractivity contribution in [3.05, 3.63) is 22.4 Å². The van der Waals surface area contributed by atoms with Crippen LogP contribution in [-0.4, -0.2) is 36.0 Å². The lowest BCUT2D eigenvalue weighted by molar-refractivity contribution is -0.119. The third-order valence-corrected chi connectivity index (χ3v) is 3.99. The third-order valence-electron chi connectivity index (χ3n) is 3.11.